The number of rotatable bonds is 10. The highest BCUT2D eigenvalue weighted by molar-refractivity contribution is 5.67. The molecular formula is C22H28N2. The third-order valence-corrected chi connectivity index (χ3v) is 4.53. The number of pyridine rings is 1. The summed E-state index contributed by atoms with van der Waals surface area (Å²) in [5, 5.41) is 8.93. The predicted octanol–water partition coefficient (Wildman–Crippen LogP) is 6.30. The molecule has 1 aromatic carbocycles. The third kappa shape index (κ3) is 5.81. The number of aryl methyl sites for hydroxylation is 1. The second-order valence-corrected chi connectivity index (χ2v) is 6.45. The van der Waals surface area contributed by atoms with Crippen molar-refractivity contribution < 1.29 is 0 Å². The lowest BCUT2D eigenvalue weighted by Crippen LogP contribution is -1.92. The molecule has 126 valence electrons. The first kappa shape index (κ1) is 18.2. The van der Waals surface area contributed by atoms with Gasteiger partial charge in [0.05, 0.1) is 11.6 Å². The molecule has 0 spiro atoms. The molecule has 24 heavy (non-hydrogen) atoms. The van der Waals surface area contributed by atoms with Crippen molar-refractivity contribution in [2.75, 3.05) is 0 Å². The molecule has 0 aliphatic heterocycles. The molecule has 0 aliphatic rings. The largest absolute Gasteiger partial charge is 0.264 e. The van der Waals surface area contributed by atoms with Crippen LogP contribution in [0.3, 0.4) is 0 Å². The van der Waals surface area contributed by atoms with Gasteiger partial charge in [-0.3, -0.25) is 4.98 Å². The topological polar surface area (TPSA) is 36.7 Å². The van der Waals surface area contributed by atoms with Gasteiger partial charge in [-0.1, -0.05) is 64.0 Å². The van der Waals surface area contributed by atoms with Crippen molar-refractivity contribution in [2.24, 2.45) is 0 Å². The summed E-state index contributed by atoms with van der Waals surface area (Å²) < 4.78 is 0. The molecule has 1 heterocycles. The molecule has 0 unspecified atom stereocenters. The van der Waals surface area contributed by atoms with Gasteiger partial charge in [0.1, 0.15) is 0 Å². The predicted molar refractivity (Wildman–Crippen MR) is 101 cm³/mol. The van der Waals surface area contributed by atoms with Crippen LogP contribution in [0.15, 0.2) is 42.7 Å². The second-order valence-electron chi connectivity index (χ2n) is 6.45. The summed E-state index contributed by atoms with van der Waals surface area (Å²) in [5.74, 6) is 0. The Kier molecular flexibility index (Phi) is 8.04. The number of benzene rings is 1. The molecule has 0 aliphatic carbocycles. The van der Waals surface area contributed by atoms with E-state index in [4.69, 9.17) is 5.26 Å². The van der Waals surface area contributed by atoms with Gasteiger partial charge in [0, 0.05) is 12.4 Å². The van der Waals surface area contributed by atoms with Gasteiger partial charge in [-0.15, -0.1) is 0 Å². The molecule has 0 atom stereocenters. The lowest BCUT2D eigenvalue weighted by Gasteiger charge is -2.09. The average Bonchev–Trinajstić information content (AvgIpc) is 2.64. The number of aromatic nitrogens is 1. The molecule has 2 rings (SSSR count). The van der Waals surface area contributed by atoms with Crippen LogP contribution < -0.4 is 0 Å². The van der Waals surface area contributed by atoms with Crippen molar-refractivity contribution in [1.82, 2.24) is 4.98 Å². The van der Waals surface area contributed by atoms with Gasteiger partial charge >= 0.3 is 0 Å². The monoisotopic (exact) mass is 320 g/mol. The van der Waals surface area contributed by atoms with Crippen LogP contribution in [0, 0.1) is 11.3 Å². The Morgan fingerprint density at radius 3 is 2.21 bits per heavy atom. The minimum atomic E-state index is 0.706. The number of hydrogen-bond donors (Lipinski definition) is 0. The maximum Gasteiger partial charge on any atom is 0.0991 e. The van der Waals surface area contributed by atoms with Crippen LogP contribution in [0.2, 0.25) is 0 Å². The summed E-state index contributed by atoms with van der Waals surface area (Å²) in [5.41, 5.74) is 4.44. The maximum absolute atomic E-state index is 8.93. The standard InChI is InChI=1S/C22H28N2/c1-2-3-4-5-6-7-8-9-10-21-18-24-16-15-22(21)20-13-11-19(17-23)12-14-20/h11-16,18H,2-10H2,1H3. The smallest absolute Gasteiger partial charge is 0.0991 e. The SMILES string of the molecule is CCCCCCCCCCc1cnccc1-c1ccc(C#N)cc1. The van der Waals surface area contributed by atoms with E-state index in [1.807, 2.05) is 36.7 Å². The van der Waals surface area contributed by atoms with E-state index in [0.29, 0.717) is 5.56 Å². The van der Waals surface area contributed by atoms with E-state index >= 15 is 0 Å². The van der Waals surface area contributed by atoms with Gasteiger partial charge in [0.2, 0.25) is 0 Å². The Hall–Kier alpha value is -2.14. The van der Waals surface area contributed by atoms with E-state index in [2.05, 4.69) is 24.0 Å². The van der Waals surface area contributed by atoms with E-state index in [0.717, 1.165) is 6.42 Å². The zero-order valence-corrected chi connectivity index (χ0v) is 14.8. The van der Waals surface area contributed by atoms with Gasteiger partial charge in [0.25, 0.3) is 0 Å². The first-order chi connectivity index (χ1) is 11.8. The fourth-order valence-corrected chi connectivity index (χ4v) is 3.08. The van der Waals surface area contributed by atoms with Gasteiger partial charge in [0.15, 0.2) is 0 Å². The van der Waals surface area contributed by atoms with E-state index in [-0.39, 0.29) is 0 Å². The van der Waals surface area contributed by atoms with Crippen LogP contribution in [-0.2, 0) is 6.42 Å². The molecule has 2 nitrogen and oxygen atoms in total. The first-order valence-electron chi connectivity index (χ1n) is 9.28. The van der Waals surface area contributed by atoms with Gasteiger partial charge in [-0.2, -0.15) is 5.26 Å². The Balaban J connectivity index is 1.84. The van der Waals surface area contributed by atoms with E-state index in [1.165, 1.54) is 68.1 Å². The lowest BCUT2D eigenvalue weighted by atomic mass is 9.97. The Morgan fingerprint density at radius 1 is 0.875 bits per heavy atom. The second kappa shape index (κ2) is 10.6. The highest BCUT2D eigenvalue weighted by Crippen LogP contribution is 2.25. The maximum atomic E-state index is 8.93. The van der Waals surface area contributed by atoms with Crippen LogP contribution in [-0.4, -0.2) is 4.98 Å². The molecular weight excluding hydrogens is 292 g/mol. The summed E-state index contributed by atoms with van der Waals surface area (Å²) in [4.78, 5) is 4.30. The molecule has 0 fully saturated rings. The van der Waals surface area contributed by atoms with Crippen LogP contribution >= 0.6 is 0 Å². The summed E-state index contributed by atoms with van der Waals surface area (Å²) in [6.45, 7) is 2.26. The normalized spacial score (nSPS) is 10.5. The fourth-order valence-electron chi connectivity index (χ4n) is 3.08. The quantitative estimate of drug-likeness (QED) is 0.481. The zero-order chi connectivity index (χ0) is 17.0. The van der Waals surface area contributed by atoms with Crippen LogP contribution in [0.25, 0.3) is 11.1 Å². The minimum absolute atomic E-state index is 0.706. The number of nitrogens with zero attached hydrogens (tertiary/aromatic N) is 2. The lowest BCUT2D eigenvalue weighted by molar-refractivity contribution is 0.575. The van der Waals surface area contributed by atoms with Crippen molar-refractivity contribution >= 4 is 0 Å². The van der Waals surface area contributed by atoms with Crippen LogP contribution in [0.5, 0.6) is 0 Å². The molecule has 0 saturated heterocycles. The molecule has 0 bridgehead atoms. The number of unbranched alkanes of at least 4 members (excludes halogenated alkanes) is 7. The van der Waals surface area contributed by atoms with Crippen molar-refractivity contribution in [2.45, 2.75) is 64.7 Å². The van der Waals surface area contributed by atoms with Crippen LogP contribution in [0.4, 0.5) is 0 Å². The van der Waals surface area contributed by atoms with Gasteiger partial charge < -0.3 is 0 Å². The molecule has 0 radical (unpaired) electrons. The van der Waals surface area contributed by atoms with Crippen LogP contribution in [0.1, 0.15) is 69.4 Å². The Morgan fingerprint density at radius 2 is 1.54 bits per heavy atom. The van der Waals surface area contributed by atoms with Crippen molar-refractivity contribution in [3.8, 4) is 17.2 Å². The van der Waals surface area contributed by atoms with Gasteiger partial charge in [-0.05, 0) is 47.7 Å². The summed E-state index contributed by atoms with van der Waals surface area (Å²) in [6.07, 6.45) is 15.6. The zero-order valence-electron chi connectivity index (χ0n) is 14.8. The van der Waals surface area contributed by atoms with Crippen molar-refractivity contribution in [3.63, 3.8) is 0 Å². The molecule has 1 aromatic heterocycles. The summed E-state index contributed by atoms with van der Waals surface area (Å²) >= 11 is 0. The molecule has 2 heteroatoms. The summed E-state index contributed by atoms with van der Waals surface area (Å²) in [7, 11) is 0. The Labute approximate surface area is 146 Å². The van der Waals surface area contributed by atoms with E-state index in [9.17, 15) is 0 Å². The Bertz CT molecular complexity index is 638. The third-order valence-electron chi connectivity index (χ3n) is 4.53. The molecule has 0 saturated carbocycles. The van der Waals surface area contributed by atoms with Gasteiger partial charge in [-0.25, -0.2) is 0 Å². The number of nitriles is 1. The highest BCUT2D eigenvalue weighted by Gasteiger charge is 2.05. The minimum Gasteiger partial charge on any atom is -0.264 e. The highest BCUT2D eigenvalue weighted by atomic mass is 14.6. The number of hydrogen-bond acceptors (Lipinski definition) is 2. The summed E-state index contributed by atoms with van der Waals surface area (Å²) in [6, 6.07) is 12.1. The molecule has 0 N–H and O–H groups in total. The average molecular weight is 320 g/mol. The first-order valence-corrected chi connectivity index (χ1v) is 9.28. The van der Waals surface area contributed by atoms with E-state index < -0.39 is 0 Å². The van der Waals surface area contributed by atoms with Crippen molar-refractivity contribution in [1.29, 1.82) is 5.26 Å². The molecule has 2 aromatic rings. The van der Waals surface area contributed by atoms with Crippen molar-refractivity contribution in [3.05, 3.63) is 53.9 Å². The molecule has 0 amide bonds. The fraction of sp³-hybridized carbons (Fsp3) is 0.455. The van der Waals surface area contributed by atoms with E-state index in [1.54, 1.807) is 0 Å².